The van der Waals surface area contributed by atoms with Gasteiger partial charge < -0.3 is 9.64 Å². The maximum Gasteiger partial charge on any atom is 0.267 e. The molecule has 1 atom stereocenters. The predicted octanol–water partition coefficient (Wildman–Crippen LogP) is 2.85. The van der Waals surface area contributed by atoms with E-state index in [9.17, 15) is 4.79 Å². The smallest absolute Gasteiger partial charge is 0.267 e. The second-order valence-corrected chi connectivity index (χ2v) is 4.90. The number of hydrogen-bond acceptors (Lipinski definition) is 2. The number of hydrogen-bond donors (Lipinski definition) is 0. The number of anilines is 1. The molecule has 0 bridgehead atoms. The Kier molecular flexibility index (Phi) is 3.36. The number of ether oxygens (including phenoxy) is 1. The summed E-state index contributed by atoms with van der Waals surface area (Å²) in [5, 5.41) is 0. The molecule has 0 aromatic heterocycles. The van der Waals surface area contributed by atoms with Crippen LogP contribution in [0.2, 0.25) is 0 Å². The number of carbonyl (C=O) groups excluding carboxylic acids is 1. The Morgan fingerprint density at radius 3 is 2.76 bits per heavy atom. The average molecular weight is 233 g/mol. The van der Waals surface area contributed by atoms with Gasteiger partial charge in [-0.15, -0.1) is 0 Å². The summed E-state index contributed by atoms with van der Waals surface area (Å²) in [5.41, 5.74) is 0.899. The van der Waals surface area contributed by atoms with Crippen LogP contribution in [-0.4, -0.2) is 18.6 Å². The van der Waals surface area contributed by atoms with Gasteiger partial charge in [-0.05, 0) is 31.4 Å². The van der Waals surface area contributed by atoms with Crippen molar-refractivity contribution in [3.05, 3.63) is 24.3 Å². The Bertz CT molecular complexity index is 414. The molecule has 92 valence electrons. The Labute approximate surface area is 102 Å². The van der Waals surface area contributed by atoms with E-state index in [1.54, 1.807) is 6.92 Å². The van der Waals surface area contributed by atoms with E-state index in [1.807, 2.05) is 29.2 Å². The second-order valence-electron chi connectivity index (χ2n) is 4.90. The second kappa shape index (κ2) is 4.78. The van der Waals surface area contributed by atoms with E-state index in [2.05, 4.69) is 13.8 Å². The third-order valence-corrected chi connectivity index (χ3v) is 3.00. The number of rotatable bonds is 3. The summed E-state index contributed by atoms with van der Waals surface area (Å²) >= 11 is 0. The Hall–Kier alpha value is -1.51. The van der Waals surface area contributed by atoms with E-state index in [4.69, 9.17) is 4.74 Å². The molecule has 1 amide bonds. The molecule has 3 nitrogen and oxygen atoms in total. The van der Waals surface area contributed by atoms with Crippen LogP contribution in [0.25, 0.3) is 0 Å². The summed E-state index contributed by atoms with van der Waals surface area (Å²) in [6.45, 7) is 6.91. The summed E-state index contributed by atoms with van der Waals surface area (Å²) in [7, 11) is 0. The zero-order valence-electron chi connectivity index (χ0n) is 10.6. The Balaban J connectivity index is 2.26. The predicted molar refractivity (Wildman–Crippen MR) is 68.3 cm³/mol. The molecule has 1 unspecified atom stereocenters. The Morgan fingerprint density at radius 1 is 1.35 bits per heavy atom. The molecule has 1 aliphatic rings. The fraction of sp³-hybridized carbons (Fsp3) is 0.500. The minimum Gasteiger partial charge on any atom is -0.479 e. The molecule has 1 aromatic carbocycles. The lowest BCUT2D eigenvalue weighted by Gasteiger charge is -2.33. The van der Waals surface area contributed by atoms with Crippen molar-refractivity contribution in [2.45, 2.75) is 33.3 Å². The summed E-state index contributed by atoms with van der Waals surface area (Å²) in [6.07, 6.45) is 0.629. The summed E-state index contributed by atoms with van der Waals surface area (Å²) in [4.78, 5) is 14.0. The lowest BCUT2D eigenvalue weighted by molar-refractivity contribution is -0.125. The van der Waals surface area contributed by atoms with E-state index in [0.29, 0.717) is 5.92 Å². The molecule has 0 radical (unpaired) electrons. The highest BCUT2D eigenvalue weighted by atomic mass is 16.5. The quantitative estimate of drug-likeness (QED) is 0.803. The lowest BCUT2D eigenvalue weighted by Crippen LogP contribution is -2.45. The fourth-order valence-corrected chi connectivity index (χ4v) is 1.98. The number of benzene rings is 1. The first kappa shape index (κ1) is 12.0. The van der Waals surface area contributed by atoms with Gasteiger partial charge in [0.1, 0.15) is 5.75 Å². The highest BCUT2D eigenvalue weighted by Crippen LogP contribution is 2.33. The zero-order valence-corrected chi connectivity index (χ0v) is 10.6. The zero-order chi connectivity index (χ0) is 12.4. The molecule has 2 rings (SSSR count). The van der Waals surface area contributed by atoms with E-state index in [-0.39, 0.29) is 12.0 Å². The first-order valence-corrected chi connectivity index (χ1v) is 6.16. The lowest BCUT2D eigenvalue weighted by atomic mass is 10.1. The SMILES string of the molecule is CC(C)CCN1C(=O)C(C)Oc2ccccc21. The van der Waals surface area contributed by atoms with Gasteiger partial charge in [-0.2, -0.15) is 0 Å². The maximum absolute atomic E-state index is 12.1. The van der Waals surface area contributed by atoms with Gasteiger partial charge in [0.15, 0.2) is 6.10 Å². The number of fused-ring (bicyclic) bond motifs is 1. The first-order valence-electron chi connectivity index (χ1n) is 6.16. The van der Waals surface area contributed by atoms with Crippen LogP contribution in [0.3, 0.4) is 0 Å². The number of nitrogens with zero attached hydrogens (tertiary/aromatic N) is 1. The van der Waals surface area contributed by atoms with Crippen LogP contribution in [0.4, 0.5) is 5.69 Å². The van der Waals surface area contributed by atoms with Crippen LogP contribution in [0.5, 0.6) is 5.75 Å². The molecule has 0 fully saturated rings. The largest absolute Gasteiger partial charge is 0.479 e. The van der Waals surface area contributed by atoms with Crippen molar-refractivity contribution >= 4 is 11.6 Å². The van der Waals surface area contributed by atoms with E-state index in [1.165, 1.54) is 0 Å². The standard InChI is InChI=1S/C14H19NO2/c1-10(2)8-9-15-12-6-4-5-7-13(12)17-11(3)14(15)16/h4-7,10-11H,8-9H2,1-3H3. The van der Waals surface area contributed by atoms with Gasteiger partial charge >= 0.3 is 0 Å². The molecule has 0 aliphatic carbocycles. The number of para-hydroxylation sites is 2. The van der Waals surface area contributed by atoms with Crippen molar-refractivity contribution < 1.29 is 9.53 Å². The topological polar surface area (TPSA) is 29.5 Å². The number of amides is 1. The highest BCUT2D eigenvalue weighted by molar-refractivity contribution is 5.99. The molecule has 17 heavy (non-hydrogen) atoms. The van der Waals surface area contributed by atoms with Crippen molar-refractivity contribution in [3.8, 4) is 5.75 Å². The van der Waals surface area contributed by atoms with Gasteiger partial charge in [-0.3, -0.25) is 4.79 Å². The van der Waals surface area contributed by atoms with Gasteiger partial charge in [0, 0.05) is 6.54 Å². The first-order chi connectivity index (χ1) is 8.09. The van der Waals surface area contributed by atoms with Crippen LogP contribution < -0.4 is 9.64 Å². The third kappa shape index (κ3) is 2.43. The Morgan fingerprint density at radius 2 is 2.06 bits per heavy atom. The van der Waals surface area contributed by atoms with Crippen LogP contribution in [0, 0.1) is 5.92 Å². The van der Waals surface area contributed by atoms with Gasteiger partial charge in [-0.25, -0.2) is 0 Å². The highest BCUT2D eigenvalue weighted by Gasteiger charge is 2.30. The fourth-order valence-electron chi connectivity index (χ4n) is 1.98. The van der Waals surface area contributed by atoms with Gasteiger partial charge in [0.2, 0.25) is 0 Å². The van der Waals surface area contributed by atoms with Crippen molar-refractivity contribution in [1.29, 1.82) is 0 Å². The molecule has 0 saturated heterocycles. The van der Waals surface area contributed by atoms with Crippen molar-refractivity contribution in [1.82, 2.24) is 0 Å². The molecule has 1 heterocycles. The van der Waals surface area contributed by atoms with E-state index < -0.39 is 0 Å². The van der Waals surface area contributed by atoms with Crippen molar-refractivity contribution in [2.75, 3.05) is 11.4 Å². The summed E-state index contributed by atoms with van der Waals surface area (Å²) in [6, 6.07) is 7.73. The summed E-state index contributed by atoms with van der Waals surface area (Å²) in [5.74, 6) is 1.46. The molecular weight excluding hydrogens is 214 g/mol. The third-order valence-electron chi connectivity index (χ3n) is 3.00. The van der Waals surface area contributed by atoms with Crippen LogP contribution in [-0.2, 0) is 4.79 Å². The van der Waals surface area contributed by atoms with Crippen LogP contribution >= 0.6 is 0 Å². The molecule has 0 spiro atoms. The van der Waals surface area contributed by atoms with E-state index in [0.717, 1.165) is 24.4 Å². The molecule has 3 heteroatoms. The monoisotopic (exact) mass is 233 g/mol. The molecule has 1 aliphatic heterocycles. The molecule has 0 saturated carbocycles. The maximum atomic E-state index is 12.1. The van der Waals surface area contributed by atoms with Crippen LogP contribution in [0.15, 0.2) is 24.3 Å². The van der Waals surface area contributed by atoms with Gasteiger partial charge in [0.25, 0.3) is 5.91 Å². The van der Waals surface area contributed by atoms with Gasteiger partial charge in [0.05, 0.1) is 5.69 Å². The van der Waals surface area contributed by atoms with Crippen molar-refractivity contribution in [2.24, 2.45) is 5.92 Å². The average Bonchev–Trinajstić information content (AvgIpc) is 2.29. The van der Waals surface area contributed by atoms with Crippen molar-refractivity contribution in [3.63, 3.8) is 0 Å². The van der Waals surface area contributed by atoms with E-state index >= 15 is 0 Å². The number of carbonyl (C=O) groups is 1. The molecular formula is C14H19NO2. The normalized spacial score (nSPS) is 19.2. The summed E-state index contributed by atoms with van der Waals surface area (Å²) < 4.78 is 5.59. The van der Waals surface area contributed by atoms with Crippen LogP contribution in [0.1, 0.15) is 27.2 Å². The molecule has 1 aromatic rings. The minimum absolute atomic E-state index is 0.0596. The molecule has 0 N–H and O–H groups in total. The minimum atomic E-state index is -0.378. The van der Waals surface area contributed by atoms with Gasteiger partial charge in [-0.1, -0.05) is 26.0 Å².